The summed E-state index contributed by atoms with van der Waals surface area (Å²) in [5, 5.41) is 5.20. The summed E-state index contributed by atoms with van der Waals surface area (Å²) >= 11 is 0. The lowest BCUT2D eigenvalue weighted by Crippen LogP contribution is -2.08. The molecule has 0 saturated carbocycles. The van der Waals surface area contributed by atoms with Crippen molar-refractivity contribution in [3.63, 3.8) is 0 Å². The van der Waals surface area contributed by atoms with Crippen LogP contribution in [0.25, 0.3) is 33.7 Å². The number of aryl methyl sites for hydroxylation is 2. The van der Waals surface area contributed by atoms with E-state index in [-0.39, 0.29) is 12.1 Å². The number of nitrogens with zero attached hydrogens (tertiary/aromatic N) is 3. The molecule has 0 bridgehead atoms. The highest BCUT2D eigenvalue weighted by Crippen LogP contribution is 2.31. The minimum absolute atomic E-state index is 0.0468. The predicted octanol–water partition coefficient (Wildman–Crippen LogP) is 4.87. The molecule has 166 valence electrons. The number of hydrogen-bond donors (Lipinski definition) is 1. The fourth-order valence-corrected chi connectivity index (χ4v) is 3.55. The molecule has 0 aliphatic rings. The molecule has 4 aromatic rings. The summed E-state index contributed by atoms with van der Waals surface area (Å²) in [6, 6.07) is 7.81. The Bertz CT molecular complexity index is 1240. The van der Waals surface area contributed by atoms with E-state index >= 15 is 0 Å². The van der Waals surface area contributed by atoms with E-state index in [0.29, 0.717) is 37.0 Å². The Balaban J connectivity index is 1.60. The van der Waals surface area contributed by atoms with Crippen molar-refractivity contribution in [2.24, 2.45) is 0 Å². The normalized spacial score (nSPS) is 11.3. The molecule has 4 rings (SSSR count). The van der Waals surface area contributed by atoms with Crippen molar-refractivity contribution in [1.29, 1.82) is 0 Å². The molecule has 3 heterocycles. The zero-order valence-electron chi connectivity index (χ0n) is 18.6. The van der Waals surface area contributed by atoms with E-state index in [0.717, 1.165) is 33.2 Å². The monoisotopic (exact) mass is 434 g/mol. The Morgan fingerprint density at radius 3 is 2.88 bits per heavy atom. The summed E-state index contributed by atoms with van der Waals surface area (Å²) in [5.74, 6) is 1.26. The molecule has 0 fully saturated rings. The van der Waals surface area contributed by atoms with Crippen LogP contribution in [-0.4, -0.2) is 38.8 Å². The lowest BCUT2D eigenvalue weighted by molar-refractivity contribution is -0.143. The van der Waals surface area contributed by atoms with Crippen LogP contribution in [0.3, 0.4) is 0 Å². The average molecular weight is 434 g/mol. The van der Waals surface area contributed by atoms with Crippen LogP contribution < -0.4 is 4.74 Å². The van der Waals surface area contributed by atoms with Gasteiger partial charge < -0.3 is 19.0 Å². The number of hydrogen-bond acceptors (Lipinski definition) is 7. The molecule has 3 aromatic heterocycles. The number of nitrogens with one attached hydrogen (secondary N) is 1. The maximum Gasteiger partial charge on any atom is 0.306 e. The Morgan fingerprint density at radius 2 is 2.12 bits per heavy atom. The number of para-hydroxylation sites is 1. The van der Waals surface area contributed by atoms with E-state index in [4.69, 9.17) is 14.0 Å². The van der Waals surface area contributed by atoms with Gasteiger partial charge in [-0.25, -0.2) is 4.98 Å². The van der Waals surface area contributed by atoms with Gasteiger partial charge in [-0.05, 0) is 51.8 Å². The summed E-state index contributed by atoms with van der Waals surface area (Å²) in [6.07, 6.45) is 4.56. The molecule has 0 unspecified atom stereocenters. The van der Waals surface area contributed by atoms with Crippen molar-refractivity contribution in [2.75, 3.05) is 6.61 Å². The predicted molar refractivity (Wildman–Crippen MR) is 120 cm³/mol. The highest BCUT2D eigenvalue weighted by Gasteiger charge is 2.17. The molecule has 8 heteroatoms. The van der Waals surface area contributed by atoms with Gasteiger partial charge in [0.2, 0.25) is 11.7 Å². The number of ether oxygens (including phenoxy) is 2. The molecule has 8 nitrogen and oxygen atoms in total. The molecule has 0 saturated heterocycles. The van der Waals surface area contributed by atoms with Crippen molar-refractivity contribution in [1.82, 2.24) is 20.1 Å². The summed E-state index contributed by atoms with van der Waals surface area (Å²) in [7, 11) is 0. The number of esters is 1. The first kappa shape index (κ1) is 21.5. The molecule has 0 aliphatic carbocycles. The molecule has 1 N–H and O–H groups in total. The van der Waals surface area contributed by atoms with E-state index in [2.05, 4.69) is 20.1 Å². The lowest BCUT2D eigenvalue weighted by Gasteiger charge is -2.10. The first-order valence-electron chi connectivity index (χ1n) is 10.7. The average Bonchev–Trinajstić information content (AvgIpc) is 3.41. The van der Waals surface area contributed by atoms with E-state index in [9.17, 15) is 4.79 Å². The maximum atomic E-state index is 11.7. The molecule has 32 heavy (non-hydrogen) atoms. The van der Waals surface area contributed by atoms with Crippen LogP contribution in [0.4, 0.5) is 0 Å². The van der Waals surface area contributed by atoms with E-state index in [1.54, 1.807) is 13.1 Å². The topological polar surface area (TPSA) is 103 Å². The van der Waals surface area contributed by atoms with Crippen LogP contribution in [0.1, 0.15) is 38.3 Å². The smallest absolute Gasteiger partial charge is 0.306 e. The largest absolute Gasteiger partial charge is 0.475 e. The summed E-state index contributed by atoms with van der Waals surface area (Å²) in [4.78, 5) is 24.0. The second kappa shape index (κ2) is 9.21. The summed E-state index contributed by atoms with van der Waals surface area (Å²) in [6.45, 7) is 8.05. The third-order valence-electron chi connectivity index (χ3n) is 5.00. The van der Waals surface area contributed by atoms with Gasteiger partial charge in [0.15, 0.2) is 0 Å². The zero-order valence-corrected chi connectivity index (χ0v) is 18.6. The molecule has 0 radical (unpaired) electrons. The molecule has 0 amide bonds. The SMILES string of the molecule is CCOC(=O)CCc1c[nH]c2c(-c3noc(-c4cnc(OC(C)C)c(C)c4)n3)cccc12. The van der Waals surface area contributed by atoms with Gasteiger partial charge in [0.05, 0.1) is 23.8 Å². The van der Waals surface area contributed by atoms with Crippen molar-refractivity contribution >= 4 is 16.9 Å². The number of aromatic amines is 1. The Labute approximate surface area is 186 Å². The maximum absolute atomic E-state index is 11.7. The van der Waals surface area contributed by atoms with Crippen molar-refractivity contribution in [3.8, 4) is 28.7 Å². The highest BCUT2D eigenvalue weighted by molar-refractivity contribution is 5.94. The van der Waals surface area contributed by atoms with Gasteiger partial charge in [-0.15, -0.1) is 0 Å². The summed E-state index contributed by atoms with van der Waals surface area (Å²) in [5.41, 5.74) is 4.39. The number of benzene rings is 1. The van der Waals surface area contributed by atoms with E-state index < -0.39 is 0 Å². The molecular formula is C24H26N4O4. The van der Waals surface area contributed by atoms with Gasteiger partial charge in [-0.3, -0.25) is 4.79 Å². The van der Waals surface area contributed by atoms with Gasteiger partial charge in [0.25, 0.3) is 5.89 Å². The second-order valence-electron chi connectivity index (χ2n) is 7.78. The molecule has 0 atom stereocenters. The lowest BCUT2D eigenvalue weighted by atomic mass is 10.1. The van der Waals surface area contributed by atoms with Gasteiger partial charge in [-0.1, -0.05) is 17.3 Å². The molecule has 0 aliphatic heterocycles. The number of H-pyrrole nitrogens is 1. The standard InChI is InChI=1S/C24H26N4O4/c1-5-30-20(29)10-9-16-12-25-21-18(16)7-6-8-19(21)22-27-24(32-28-22)17-11-15(4)23(26-13-17)31-14(2)3/h6-8,11-14,25H,5,9-10H2,1-4H3. The van der Waals surface area contributed by atoms with Gasteiger partial charge in [0, 0.05) is 35.3 Å². The third kappa shape index (κ3) is 4.49. The van der Waals surface area contributed by atoms with Crippen LogP contribution in [0.2, 0.25) is 0 Å². The van der Waals surface area contributed by atoms with Crippen molar-refractivity contribution in [2.45, 2.75) is 46.6 Å². The van der Waals surface area contributed by atoms with Crippen LogP contribution in [-0.2, 0) is 16.0 Å². The van der Waals surface area contributed by atoms with Crippen molar-refractivity contribution < 1.29 is 18.8 Å². The number of carbonyl (C=O) groups excluding carboxylic acids is 1. The van der Waals surface area contributed by atoms with E-state index in [1.165, 1.54) is 0 Å². The first-order valence-corrected chi connectivity index (χ1v) is 10.7. The number of carbonyl (C=O) groups is 1. The highest BCUT2D eigenvalue weighted by atomic mass is 16.5. The molecule has 0 spiro atoms. The van der Waals surface area contributed by atoms with Crippen molar-refractivity contribution in [3.05, 3.63) is 47.8 Å². The number of rotatable bonds is 8. The Morgan fingerprint density at radius 1 is 1.28 bits per heavy atom. The van der Waals surface area contributed by atoms with Crippen LogP contribution in [0.15, 0.2) is 41.2 Å². The summed E-state index contributed by atoms with van der Waals surface area (Å²) < 4.78 is 16.3. The Hall–Kier alpha value is -3.68. The van der Waals surface area contributed by atoms with Gasteiger partial charge in [-0.2, -0.15) is 4.98 Å². The van der Waals surface area contributed by atoms with Gasteiger partial charge >= 0.3 is 5.97 Å². The van der Waals surface area contributed by atoms with E-state index in [1.807, 2.05) is 51.2 Å². The third-order valence-corrected chi connectivity index (χ3v) is 5.00. The first-order chi connectivity index (χ1) is 15.5. The minimum Gasteiger partial charge on any atom is -0.475 e. The van der Waals surface area contributed by atoms with Gasteiger partial charge in [0.1, 0.15) is 0 Å². The quantitative estimate of drug-likeness (QED) is 0.395. The fraction of sp³-hybridized carbons (Fsp3) is 0.333. The zero-order chi connectivity index (χ0) is 22.7. The van der Waals surface area contributed by atoms with Crippen LogP contribution in [0.5, 0.6) is 5.88 Å². The minimum atomic E-state index is -0.200. The number of aromatic nitrogens is 4. The molecular weight excluding hydrogens is 408 g/mol. The fourth-order valence-electron chi connectivity index (χ4n) is 3.55. The number of pyridine rings is 1. The molecule has 1 aromatic carbocycles. The van der Waals surface area contributed by atoms with Crippen LogP contribution in [0, 0.1) is 6.92 Å². The number of fused-ring (bicyclic) bond motifs is 1. The Kier molecular flexibility index (Phi) is 6.20. The second-order valence-corrected chi connectivity index (χ2v) is 7.78. The van der Waals surface area contributed by atoms with Crippen LogP contribution >= 0.6 is 0 Å².